The third kappa shape index (κ3) is 4.62. The Kier molecular flexibility index (Phi) is 5.68. The monoisotopic (exact) mass is 396 g/mol. The lowest BCUT2D eigenvalue weighted by molar-refractivity contribution is 0.575. The molecular weight excluding hydrogens is 371 g/mol. The predicted molar refractivity (Wildman–Crippen MR) is 112 cm³/mol. The maximum atomic E-state index is 13.2. The molecule has 6 nitrogen and oxygen atoms in total. The normalized spacial score (nSPS) is 11.5. The quantitative estimate of drug-likeness (QED) is 0.715. The lowest BCUT2D eigenvalue weighted by Gasteiger charge is -2.20. The van der Waals surface area contributed by atoms with Gasteiger partial charge in [-0.1, -0.05) is 45.0 Å². The summed E-state index contributed by atoms with van der Waals surface area (Å²) in [6.45, 7) is 8.47. The van der Waals surface area contributed by atoms with Crippen LogP contribution < -0.4 is 16.7 Å². The molecule has 3 aromatic rings. The van der Waals surface area contributed by atoms with Crippen LogP contribution in [-0.4, -0.2) is 14.1 Å². The molecule has 0 fully saturated rings. The zero-order valence-corrected chi connectivity index (χ0v) is 17.1. The fourth-order valence-electron chi connectivity index (χ4n) is 2.99. The van der Waals surface area contributed by atoms with Gasteiger partial charge in [-0.25, -0.2) is 18.5 Å². The van der Waals surface area contributed by atoms with Gasteiger partial charge in [-0.3, -0.25) is 4.57 Å². The number of aromatic nitrogens is 3. The fourth-order valence-corrected chi connectivity index (χ4v) is 2.99. The molecule has 0 radical (unpaired) electrons. The fraction of sp³-hybridized carbons (Fsp3) is 0.318. The average molecular weight is 396 g/mol. The van der Waals surface area contributed by atoms with E-state index in [0.29, 0.717) is 5.69 Å². The molecule has 0 spiro atoms. The molecule has 29 heavy (non-hydrogen) atoms. The van der Waals surface area contributed by atoms with Crippen LogP contribution in [0.1, 0.15) is 38.8 Å². The number of nitrogens with one attached hydrogen (secondary N) is 1. The zero-order valence-electron chi connectivity index (χ0n) is 17.1. The third-order valence-corrected chi connectivity index (χ3v) is 4.73. The summed E-state index contributed by atoms with van der Waals surface area (Å²) in [6.07, 6.45) is 0. The van der Waals surface area contributed by atoms with E-state index >= 15 is 0 Å². The van der Waals surface area contributed by atoms with Crippen molar-refractivity contribution in [3.05, 3.63) is 86.4 Å². The Morgan fingerprint density at radius 1 is 0.966 bits per heavy atom. The summed E-state index contributed by atoms with van der Waals surface area (Å²) in [4.78, 5) is 29.2. The maximum absolute atomic E-state index is 13.2. The van der Waals surface area contributed by atoms with Crippen LogP contribution >= 0.6 is 0 Å². The largest absolute Gasteiger partial charge is 0.354 e. The summed E-state index contributed by atoms with van der Waals surface area (Å²) >= 11 is 0. The molecule has 0 unspecified atom stereocenters. The van der Waals surface area contributed by atoms with Crippen LogP contribution in [0.4, 0.5) is 16.0 Å². The first-order chi connectivity index (χ1) is 13.7. The standard InChI is InChI=1S/C22H25FN4O2/c1-5-26-20(28)25-19(24-18-12-8-16(9-13-18)22(2,3)4)27(21(26)29)14-15-6-10-17(23)11-7-15/h6-13H,5,14H2,1-4H3,(H,24,25,28). The van der Waals surface area contributed by atoms with Gasteiger partial charge in [-0.2, -0.15) is 4.98 Å². The Morgan fingerprint density at radius 2 is 1.59 bits per heavy atom. The number of halogens is 1. The van der Waals surface area contributed by atoms with Gasteiger partial charge in [0.05, 0.1) is 6.54 Å². The van der Waals surface area contributed by atoms with E-state index in [2.05, 4.69) is 31.1 Å². The molecule has 0 amide bonds. The smallest absolute Gasteiger partial charge is 0.325 e. The van der Waals surface area contributed by atoms with Crippen molar-refractivity contribution in [1.29, 1.82) is 0 Å². The Labute approximate surface area is 168 Å². The van der Waals surface area contributed by atoms with Gasteiger partial charge in [0.25, 0.3) is 0 Å². The zero-order chi connectivity index (χ0) is 21.2. The molecule has 0 atom stereocenters. The first-order valence-corrected chi connectivity index (χ1v) is 9.52. The molecule has 0 aliphatic heterocycles. The van der Waals surface area contributed by atoms with Crippen LogP contribution in [0.15, 0.2) is 58.1 Å². The Hall–Kier alpha value is -3.22. The summed E-state index contributed by atoms with van der Waals surface area (Å²) in [5.41, 5.74) is 1.55. The van der Waals surface area contributed by atoms with Crippen LogP contribution in [0.2, 0.25) is 0 Å². The lowest BCUT2D eigenvalue weighted by atomic mass is 9.87. The van der Waals surface area contributed by atoms with E-state index in [1.54, 1.807) is 19.1 Å². The molecule has 2 aromatic carbocycles. The maximum Gasteiger partial charge on any atom is 0.354 e. The minimum atomic E-state index is -0.610. The number of anilines is 2. The number of nitrogens with zero attached hydrogens (tertiary/aromatic N) is 3. The van der Waals surface area contributed by atoms with Crippen LogP contribution in [0.5, 0.6) is 0 Å². The number of benzene rings is 2. The first kappa shape index (κ1) is 20.5. The molecular formula is C22H25FN4O2. The lowest BCUT2D eigenvalue weighted by Crippen LogP contribution is -2.42. The second kappa shape index (κ2) is 8.03. The molecule has 152 valence electrons. The van der Waals surface area contributed by atoms with Crippen molar-refractivity contribution in [2.45, 2.75) is 46.2 Å². The molecule has 1 aromatic heterocycles. The minimum absolute atomic E-state index is 0.0169. The molecule has 0 bridgehead atoms. The highest BCUT2D eigenvalue weighted by atomic mass is 19.1. The summed E-state index contributed by atoms with van der Waals surface area (Å²) in [6, 6.07) is 13.6. The highest BCUT2D eigenvalue weighted by Crippen LogP contribution is 2.24. The highest BCUT2D eigenvalue weighted by molar-refractivity contribution is 5.54. The van der Waals surface area contributed by atoms with Gasteiger partial charge in [0.1, 0.15) is 5.82 Å². The van der Waals surface area contributed by atoms with Gasteiger partial charge in [0, 0.05) is 12.2 Å². The van der Waals surface area contributed by atoms with Crippen LogP contribution in [-0.2, 0) is 18.5 Å². The van der Waals surface area contributed by atoms with E-state index in [-0.39, 0.29) is 30.3 Å². The second-order valence-electron chi connectivity index (χ2n) is 7.91. The van der Waals surface area contributed by atoms with Crippen LogP contribution in [0.25, 0.3) is 0 Å². The van der Waals surface area contributed by atoms with Crippen molar-refractivity contribution in [3.8, 4) is 0 Å². The van der Waals surface area contributed by atoms with E-state index in [1.807, 2.05) is 24.3 Å². The van der Waals surface area contributed by atoms with Gasteiger partial charge >= 0.3 is 11.4 Å². The van der Waals surface area contributed by atoms with Crippen LogP contribution in [0.3, 0.4) is 0 Å². The summed E-state index contributed by atoms with van der Waals surface area (Å²) in [5, 5.41) is 3.08. The van der Waals surface area contributed by atoms with Gasteiger partial charge in [-0.15, -0.1) is 0 Å². The van der Waals surface area contributed by atoms with Gasteiger partial charge in [0.2, 0.25) is 5.95 Å². The number of rotatable bonds is 5. The summed E-state index contributed by atoms with van der Waals surface area (Å²) in [7, 11) is 0. The van der Waals surface area contributed by atoms with Gasteiger partial charge < -0.3 is 5.32 Å². The van der Waals surface area contributed by atoms with Crippen molar-refractivity contribution in [3.63, 3.8) is 0 Å². The topological polar surface area (TPSA) is 68.9 Å². The second-order valence-corrected chi connectivity index (χ2v) is 7.91. The van der Waals surface area contributed by atoms with E-state index in [4.69, 9.17) is 0 Å². The molecule has 1 heterocycles. The Bertz CT molecular complexity index is 1110. The summed E-state index contributed by atoms with van der Waals surface area (Å²) < 4.78 is 15.7. The Balaban J connectivity index is 2.02. The van der Waals surface area contributed by atoms with Gasteiger partial charge in [-0.05, 0) is 47.7 Å². The average Bonchev–Trinajstić information content (AvgIpc) is 2.66. The SMILES string of the molecule is CCn1c(=O)nc(Nc2ccc(C(C)(C)C)cc2)n(Cc2ccc(F)cc2)c1=O. The van der Waals surface area contributed by atoms with Crippen LogP contribution in [0, 0.1) is 5.82 Å². The number of hydrogen-bond donors (Lipinski definition) is 1. The molecule has 0 saturated heterocycles. The van der Waals surface area contributed by atoms with E-state index in [0.717, 1.165) is 10.1 Å². The van der Waals surface area contributed by atoms with Crippen molar-refractivity contribution in [1.82, 2.24) is 14.1 Å². The van der Waals surface area contributed by atoms with Gasteiger partial charge in [0.15, 0.2) is 0 Å². The van der Waals surface area contributed by atoms with Crippen molar-refractivity contribution in [2.75, 3.05) is 5.32 Å². The minimum Gasteiger partial charge on any atom is -0.325 e. The highest BCUT2D eigenvalue weighted by Gasteiger charge is 2.15. The molecule has 1 N–H and O–H groups in total. The Morgan fingerprint density at radius 3 is 2.14 bits per heavy atom. The first-order valence-electron chi connectivity index (χ1n) is 9.52. The van der Waals surface area contributed by atoms with E-state index < -0.39 is 11.4 Å². The molecule has 3 rings (SSSR count). The third-order valence-electron chi connectivity index (χ3n) is 4.73. The molecule has 7 heteroatoms. The van der Waals surface area contributed by atoms with Crippen molar-refractivity contribution >= 4 is 11.6 Å². The van der Waals surface area contributed by atoms with E-state index in [9.17, 15) is 14.0 Å². The van der Waals surface area contributed by atoms with Crippen molar-refractivity contribution < 1.29 is 4.39 Å². The summed E-state index contributed by atoms with van der Waals surface area (Å²) in [5.74, 6) is -0.201. The molecule has 0 aliphatic carbocycles. The molecule has 0 aliphatic rings. The van der Waals surface area contributed by atoms with E-state index in [1.165, 1.54) is 22.3 Å². The number of hydrogen-bond acceptors (Lipinski definition) is 4. The molecule has 0 saturated carbocycles. The van der Waals surface area contributed by atoms with Crippen molar-refractivity contribution in [2.24, 2.45) is 0 Å². The predicted octanol–water partition coefficient (Wildman–Crippen LogP) is 3.65.